The molecule has 0 radical (unpaired) electrons. The highest BCUT2D eigenvalue weighted by Gasteiger charge is 2.28. The van der Waals surface area contributed by atoms with Gasteiger partial charge in [0.2, 0.25) is 0 Å². The fourth-order valence-electron chi connectivity index (χ4n) is 3.28. The summed E-state index contributed by atoms with van der Waals surface area (Å²) in [5, 5.41) is 10.0. The van der Waals surface area contributed by atoms with E-state index in [1.807, 2.05) is 6.07 Å². The maximum absolute atomic E-state index is 14.1. The first-order valence-electron chi connectivity index (χ1n) is 9.00. The molecule has 1 aromatic carbocycles. The second-order valence-corrected chi connectivity index (χ2v) is 7.11. The number of hydrogen-bond donors (Lipinski definition) is 2. The van der Waals surface area contributed by atoms with Gasteiger partial charge in [-0.25, -0.2) is 4.39 Å². The predicted molar refractivity (Wildman–Crippen MR) is 104 cm³/mol. The molecule has 9 heteroatoms. The lowest BCUT2D eigenvalue weighted by molar-refractivity contribution is 0.0727. The topological polar surface area (TPSA) is 91.0 Å². The Hall–Kier alpha value is -3.26. The number of H-pyrrole nitrogens is 1. The number of fused-ring (bicyclic) bond motifs is 1. The Morgan fingerprint density at radius 2 is 2.17 bits per heavy atom. The van der Waals surface area contributed by atoms with E-state index in [2.05, 4.69) is 20.5 Å². The number of halogens is 2. The highest BCUT2D eigenvalue weighted by Crippen LogP contribution is 2.23. The number of aromatic amines is 1. The maximum atomic E-state index is 14.1. The van der Waals surface area contributed by atoms with Gasteiger partial charge in [-0.1, -0.05) is 17.7 Å². The van der Waals surface area contributed by atoms with Crippen LogP contribution in [0.2, 0.25) is 5.02 Å². The summed E-state index contributed by atoms with van der Waals surface area (Å²) in [6, 6.07) is 7.64. The Labute approximate surface area is 170 Å². The highest BCUT2D eigenvalue weighted by molar-refractivity contribution is 6.30. The van der Waals surface area contributed by atoms with Gasteiger partial charge in [0, 0.05) is 36.1 Å². The first-order chi connectivity index (χ1) is 14.0. The second kappa shape index (κ2) is 8.00. The summed E-state index contributed by atoms with van der Waals surface area (Å²) in [6.45, 7) is 0.921. The molecule has 3 aromatic rings. The van der Waals surface area contributed by atoms with Gasteiger partial charge in [-0.15, -0.1) is 0 Å². The lowest BCUT2D eigenvalue weighted by Gasteiger charge is -2.27. The molecule has 0 fully saturated rings. The molecule has 29 heavy (non-hydrogen) atoms. The predicted octanol–water partition coefficient (Wildman–Crippen LogP) is 2.73. The molecule has 2 N–H and O–H groups in total. The van der Waals surface area contributed by atoms with Gasteiger partial charge < -0.3 is 10.2 Å². The van der Waals surface area contributed by atoms with E-state index in [-0.39, 0.29) is 23.0 Å². The van der Waals surface area contributed by atoms with Crippen LogP contribution in [0.4, 0.5) is 4.39 Å². The van der Waals surface area contributed by atoms with Crippen LogP contribution < -0.4 is 5.32 Å². The van der Waals surface area contributed by atoms with E-state index < -0.39 is 11.7 Å². The molecule has 1 aliphatic rings. The fraction of sp³-hybridized carbons (Fsp3) is 0.200. The van der Waals surface area contributed by atoms with Crippen molar-refractivity contribution in [1.29, 1.82) is 0 Å². The van der Waals surface area contributed by atoms with Crippen molar-refractivity contribution in [3.8, 4) is 0 Å². The summed E-state index contributed by atoms with van der Waals surface area (Å²) in [5.74, 6) is -1.38. The van der Waals surface area contributed by atoms with Gasteiger partial charge in [-0.05, 0) is 36.2 Å². The molecule has 3 heterocycles. The summed E-state index contributed by atoms with van der Waals surface area (Å²) in [6.07, 6.45) is 3.79. The van der Waals surface area contributed by atoms with Gasteiger partial charge in [0.05, 0.1) is 17.8 Å². The average molecular weight is 414 g/mol. The average Bonchev–Trinajstić information content (AvgIpc) is 3.15. The van der Waals surface area contributed by atoms with Crippen molar-refractivity contribution < 1.29 is 14.0 Å². The minimum atomic E-state index is -0.659. The zero-order valence-corrected chi connectivity index (χ0v) is 16.0. The van der Waals surface area contributed by atoms with Crippen LogP contribution in [0, 0.1) is 5.82 Å². The number of carbonyl (C=O) groups excluding carboxylic acids is 2. The third-order valence-electron chi connectivity index (χ3n) is 4.77. The Bertz CT molecular complexity index is 1070. The molecule has 7 nitrogen and oxygen atoms in total. The number of carbonyl (C=O) groups is 2. The first-order valence-corrected chi connectivity index (χ1v) is 9.38. The Morgan fingerprint density at radius 1 is 1.31 bits per heavy atom. The normalized spacial score (nSPS) is 13.1. The Morgan fingerprint density at radius 3 is 2.93 bits per heavy atom. The van der Waals surface area contributed by atoms with Crippen molar-refractivity contribution in [2.24, 2.45) is 0 Å². The van der Waals surface area contributed by atoms with Crippen LogP contribution in [-0.2, 0) is 19.5 Å². The van der Waals surface area contributed by atoms with E-state index in [4.69, 9.17) is 11.6 Å². The second-order valence-electron chi connectivity index (χ2n) is 6.67. The fourth-order valence-corrected chi connectivity index (χ4v) is 3.44. The zero-order chi connectivity index (χ0) is 20.4. The van der Waals surface area contributed by atoms with Crippen LogP contribution in [0.25, 0.3) is 0 Å². The smallest absolute Gasteiger partial charge is 0.272 e. The number of aromatic nitrogens is 3. The molecule has 0 unspecified atom stereocenters. The summed E-state index contributed by atoms with van der Waals surface area (Å²) < 4.78 is 14.1. The molecule has 2 aromatic heterocycles. The van der Waals surface area contributed by atoms with Gasteiger partial charge >= 0.3 is 0 Å². The lowest BCUT2D eigenvalue weighted by Crippen LogP contribution is -2.37. The maximum Gasteiger partial charge on any atom is 0.272 e. The number of nitrogens with zero attached hydrogens (tertiary/aromatic N) is 3. The number of nitrogens with one attached hydrogen (secondary N) is 2. The molecule has 2 amide bonds. The number of amides is 2. The van der Waals surface area contributed by atoms with Gasteiger partial charge in [-0.3, -0.25) is 19.7 Å². The zero-order valence-electron chi connectivity index (χ0n) is 15.3. The number of pyridine rings is 1. The standard InChI is InChI=1S/C20H17ClFN5O2/c21-13-3-4-14(16(22)8-13)20(29)27-7-5-15-17(11-27)25-26-18(15)19(28)24-10-12-2-1-6-23-9-12/h1-4,6,8-9H,5,7,10-11H2,(H,24,28)(H,25,26). The van der Waals surface area contributed by atoms with Gasteiger partial charge in [0.1, 0.15) is 5.82 Å². The summed E-state index contributed by atoms with van der Waals surface area (Å²) in [7, 11) is 0. The van der Waals surface area contributed by atoms with Crippen LogP contribution in [-0.4, -0.2) is 38.4 Å². The molecule has 0 saturated carbocycles. The van der Waals surface area contributed by atoms with E-state index >= 15 is 0 Å². The monoisotopic (exact) mass is 413 g/mol. The molecule has 1 aliphatic heterocycles. The van der Waals surface area contributed by atoms with Crippen molar-refractivity contribution in [3.05, 3.63) is 81.6 Å². The van der Waals surface area contributed by atoms with Crippen LogP contribution in [0.3, 0.4) is 0 Å². The van der Waals surface area contributed by atoms with Crippen molar-refractivity contribution in [1.82, 2.24) is 25.4 Å². The molecule has 0 saturated heterocycles. The highest BCUT2D eigenvalue weighted by atomic mass is 35.5. The minimum absolute atomic E-state index is 0.0354. The van der Waals surface area contributed by atoms with Crippen molar-refractivity contribution >= 4 is 23.4 Å². The quantitative estimate of drug-likeness (QED) is 0.688. The SMILES string of the molecule is O=C(NCc1cccnc1)c1n[nH]c2c1CCN(C(=O)c1ccc(Cl)cc1F)C2. The number of benzene rings is 1. The van der Waals surface area contributed by atoms with Gasteiger partial charge in [0.25, 0.3) is 11.8 Å². The van der Waals surface area contributed by atoms with Crippen molar-refractivity contribution in [2.45, 2.75) is 19.5 Å². The van der Waals surface area contributed by atoms with Gasteiger partial charge in [-0.2, -0.15) is 5.10 Å². The van der Waals surface area contributed by atoms with E-state index in [1.165, 1.54) is 17.0 Å². The van der Waals surface area contributed by atoms with E-state index in [9.17, 15) is 14.0 Å². The molecule has 148 valence electrons. The van der Waals surface area contributed by atoms with Crippen LogP contribution in [0.15, 0.2) is 42.7 Å². The van der Waals surface area contributed by atoms with Crippen LogP contribution >= 0.6 is 11.6 Å². The molecule has 0 bridgehead atoms. The first kappa shape index (κ1) is 19.1. The molecule has 4 rings (SSSR count). The van der Waals surface area contributed by atoms with Crippen LogP contribution in [0.5, 0.6) is 0 Å². The molecule has 0 spiro atoms. The lowest BCUT2D eigenvalue weighted by atomic mass is 10.0. The summed E-state index contributed by atoms with van der Waals surface area (Å²) in [4.78, 5) is 30.7. The Kier molecular flexibility index (Phi) is 5.26. The molecular formula is C20H17ClFN5O2. The van der Waals surface area contributed by atoms with Crippen LogP contribution in [0.1, 0.15) is 37.7 Å². The third kappa shape index (κ3) is 3.97. The van der Waals surface area contributed by atoms with Crippen molar-refractivity contribution in [2.75, 3.05) is 6.54 Å². The summed E-state index contributed by atoms with van der Waals surface area (Å²) >= 11 is 5.75. The molecular weight excluding hydrogens is 397 g/mol. The third-order valence-corrected chi connectivity index (χ3v) is 5.01. The van der Waals surface area contributed by atoms with Crippen molar-refractivity contribution in [3.63, 3.8) is 0 Å². The minimum Gasteiger partial charge on any atom is -0.346 e. The number of hydrogen-bond acceptors (Lipinski definition) is 4. The largest absolute Gasteiger partial charge is 0.346 e. The Balaban J connectivity index is 1.45. The van der Waals surface area contributed by atoms with E-state index in [0.29, 0.717) is 30.9 Å². The summed E-state index contributed by atoms with van der Waals surface area (Å²) in [5.41, 5.74) is 2.60. The molecule has 0 atom stereocenters. The van der Waals surface area contributed by atoms with Gasteiger partial charge in [0.15, 0.2) is 5.69 Å². The number of rotatable bonds is 4. The van der Waals surface area contributed by atoms with E-state index in [0.717, 1.165) is 17.2 Å². The molecule has 0 aliphatic carbocycles. The van der Waals surface area contributed by atoms with E-state index in [1.54, 1.807) is 18.5 Å².